The number of nitrogens with zero attached hydrogens (tertiary/aromatic N) is 3. The van der Waals surface area contributed by atoms with Crippen molar-refractivity contribution in [2.24, 2.45) is 0 Å². The monoisotopic (exact) mass is 310 g/mol. The number of carbonyl (C=O) groups excluding carboxylic acids is 1. The van der Waals surface area contributed by atoms with Crippen molar-refractivity contribution in [3.8, 4) is 5.82 Å². The summed E-state index contributed by atoms with van der Waals surface area (Å²) in [7, 11) is 0. The standard InChI is InChI=1S/C17H15FN4O/c18-14-5-1-11(2-6-14)7-16(23)13-9-19-22(10-13)17-8-15(20-21-17)12-3-4-12/h1-2,5-6,8-10,12H,3-4,7H2,(H,20,21). The molecule has 0 unspecified atom stereocenters. The van der Waals surface area contributed by atoms with Crippen molar-refractivity contribution in [1.29, 1.82) is 0 Å². The van der Waals surface area contributed by atoms with Gasteiger partial charge in [-0.1, -0.05) is 12.1 Å². The zero-order valence-electron chi connectivity index (χ0n) is 12.4. The van der Waals surface area contributed by atoms with Gasteiger partial charge in [-0.15, -0.1) is 0 Å². The smallest absolute Gasteiger partial charge is 0.175 e. The average molecular weight is 310 g/mol. The average Bonchev–Trinajstić information content (AvgIpc) is 3.09. The van der Waals surface area contributed by atoms with Crippen LogP contribution in [0, 0.1) is 5.82 Å². The topological polar surface area (TPSA) is 63.6 Å². The fourth-order valence-electron chi connectivity index (χ4n) is 2.53. The molecule has 116 valence electrons. The van der Waals surface area contributed by atoms with Crippen LogP contribution in [0.15, 0.2) is 42.7 Å². The molecule has 6 heteroatoms. The van der Waals surface area contributed by atoms with Gasteiger partial charge in [0.25, 0.3) is 0 Å². The van der Waals surface area contributed by atoms with Crippen LogP contribution in [0.4, 0.5) is 4.39 Å². The number of hydrogen-bond acceptors (Lipinski definition) is 3. The minimum absolute atomic E-state index is 0.0548. The van der Waals surface area contributed by atoms with E-state index in [2.05, 4.69) is 15.3 Å². The van der Waals surface area contributed by atoms with Crippen LogP contribution >= 0.6 is 0 Å². The Morgan fingerprint density at radius 1 is 1.30 bits per heavy atom. The Bertz CT molecular complexity index is 846. The van der Waals surface area contributed by atoms with Gasteiger partial charge in [0.2, 0.25) is 0 Å². The van der Waals surface area contributed by atoms with Gasteiger partial charge in [0, 0.05) is 30.3 Å². The largest absolute Gasteiger partial charge is 0.294 e. The lowest BCUT2D eigenvalue weighted by atomic mass is 10.1. The summed E-state index contributed by atoms with van der Waals surface area (Å²) in [5.41, 5.74) is 2.42. The maximum Gasteiger partial charge on any atom is 0.175 e. The van der Waals surface area contributed by atoms with Crippen LogP contribution in [-0.4, -0.2) is 25.8 Å². The molecular formula is C17H15FN4O. The molecule has 2 aromatic heterocycles. The Hall–Kier alpha value is -2.76. The van der Waals surface area contributed by atoms with E-state index in [0.29, 0.717) is 17.3 Å². The van der Waals surface area contributed by atoms with E-state index in [-0.39, 0.29) is 18.0 Å². The first-order valence-electron chi connectivity index (χ1n) is 7.57. The normalized spacial score (nSPS) is 14.1. The number of hydrogen-bond donors (Lipinski definition) is 1. The number of carbonyl (C=O) groups is 1. The summed E-state index contributed by atoms with van der Waals surface area (Å²) in [5.74, 6) is 0.916. The molecule has 0 bridgehead atoms. The van der Waals surface area contributed by atoms with Crippen molar-refractivity contribution in [3.05, 3.63) is 65.4 Å². The van der Waals surface area contributed by atoms with Crippen molar-refractivity contribution in [2.75, 3.05) is 0 Å². The molecular weight excluding hydrogens is 295 g/mol. The van der Waals surface area contributed by atoms with E-state index in [1.54, 1.807) is 23.0 Å². The van der Waals surface area contributed by atoms with Crippen LogP contribution < -0.4 is 0 Å². The molecule has 1 aliphatic rings. The summed E-state index contributed by atoms with van der Waals surface area (Å²) >= 11 is 0. The summed E-state index contributed by atoms with van der Waals surface area (Å²) < 4.78 is 14.5. The van der Waals surface area contributed by atoms with Crippen LogP contribution in [-0.2, 0) is 6.42 Å². The number of aromatic amines is 1. The second kappa shape index (κ2) is 5.46. The number of ketones is 1. The Morgan fingerprint density at radius 2 is 2.09 bits per heavy atom. The number of Topliss-reactive ketones (excluding diaryl/α,β-unsaturated/α-hetero) is 1. The second-order valence-electron chi connectivity index (χ2n) is 5.86. The lowest BCUT2D eigenvalue weighted by Crippen LogP contribution is -2.02. The molecule has 0 spiro atoms. The molecule has 1 N–H and O–H groups in total. The molecule has 1 saturated carbocycles. The fourth-order valence-corrected chi connectivity index (χ4v) is 2.53. The van der Waals surface area contributed by atoms with Crippen molar-refractivity contribution in [3.63, 3.8) is 0 Å². The molecule has 0 amide bonds. The predicted octanol–water partition coefficient (Wildman–Crippen LogP) is 3.04. The van der Waals surface area contributed by atoms with Crippen molar-refractivity contribution in [1.82, 2.24) is 20.0 Å². The minimum atomic E-state index is -0.306. The number of H-pyrrole nitrogens is 1. The van der Waals surface area contributed by atoms with Gasteiger partial charge in [0.15, 0.2) is 11.6 Å². The van der Waals surface area contributed by atoms with Gasteiger partial charge in [-0.25, -0.2) is 9.07 Å². The number of benzene rings is 1. The van der Waals surface area contributed by atoms with Crippen LogP contribution in [0.1, 0.15) is 40.4 Å². The number of rotatable bonds is 5. The Morgan fingerprint density at radius 3 is 2.83 bits per heavy atom. The molecule has 2 heterocycles. The van der Waals surface area contributed by atoms with E-state index < -0.39 is 0 Å². The highest BCUT2D eigenvalue weighted by Gasteiger charge is 2.25. The Kier molecular flexibility index (Phi) is 3.29. The minimum Gasteiger partial charge on any atom is -0.294 e. The zero-order chi connectivity index (χ0) is 15.8. The van der Waals surface area contributed by atoms with E-state index in [4.69, 9.17) is 0 Å². The molecule has 3 aromatic rings. The van der Waals surface area contributed by atoms with Gasteiger partial charge in [0.1, 0.15) is 5.82 Å². The number of nitrogens with one attached hydrogen (secondary N) is 1. The maximum absolute atomic E-state index is 12.9. The highest BCUT2D eigenvalue weighted by atomic mass is 19.1. The van der Waals surface area contributed by atoms with E-state index in [1.807, 2.05) is 6.07 Å². The van der Waals surface area contributed by atoms with Crippen LogP contribution in [0.2, 0.25) is 0 Å². The molecule has 23 heavy (non-hydrogen) atoms. The quantitative estimate of drug-likeness (QED) is 0.737. The van der Waals surface area contributed by atoms with E-state index in [0.717, 1.165) is 11.3 Å². The molecule has 0 saturated heterocycles. The summed E-state index contributed by atoms with van der Waals surface area (Å²) in [5, 5.41) is 11.5. The third-order valence-electron chi connectivity index (χ3n) is 4.02. The molecule has 0 aliphatic heterocycles. The van der Waals surface area contributed by atoms with Gasteiger partial charge in [-0.2, -0.15) is 10.2 Å². The van der Waals surface area contributed by atoms with Gasteiger partial charge in [-0.3, -0.25) is 9.89 Å². The van der Waals surface area contributed by atoms with Crippen molar-refractivity contribution in [2.45, 2.75) is 25.2 Å². The molecule has 1 aromatic carbocycles. The molecule has 1 aliphatic carbocycles. The van der Waals surface area contributed by atoms with Crippen molar-refractivity contribution >= 4 is 5.78 Å². The number of halogens is 1. The van der Waals surface area contributed by atoms with Gasteiger partial charge in [-0.05, 0) is 30.5 Å². The second-order valence-corrected chi connectivity index (χ2v) is 5.86. The Balaban J connectivity index is 1.49. The van der Waals surface area contributed by atoms with Gasteiger partial charge >= 0.3 is 0 Å². The van der Waals surface area contributed by atoms with Gasteiger partial charge in [0.05, 0.1) is 11.8 Å². The Labute approximate surface area is 132 Å². The highest BCUT2D eigenvalue weighted by molar-refractivity contribution is 5.97. The molecule has 5 nitrogen and oxygen atoms in total. The van der Waals surface area contributed by atoms with Crippen LogP contribution in [0.3, 0.4) is 0 Å². The first kappa shape index (κ1) is 13.9. The summed E-state index contributed by atoms with van der Waals surface area (Å²) in [6.07, 6.45) is 5.83. The predicted molar refractivity (Wildman–Crippen MR) is 82.1 cm³/mol. The van der Waals surface area contributed by atoms with Crippen molar-refractivity contribution < 1.29 is 9.18 Å². The summed E-state index contributed by atoms with van der Waals surface area (Å²) in [4.78, 5) is 12.3. The molecule has 0 atom stereocenters. The molecule has 1 fully saturated rings. The SMILES string of the molecule is O=C(Cc1ccc(F)cc1)c1cnn(-c2cc(C3CC3)[nH]n2)c1. The third-order valence-corrected chi connectivity index (χ3v) is 4.02. The fraction of sp³-hybridized carbons (Fsp3) is 0.235. The number of aromatic nitrogens is 4. The summed E-state index contributed by atoms with van der Waals surface area (Å²) in [6.45, 7) is 0. The third kappa shape index (κ3) is 2.92. The lowest BCUT2D eigenvalue weighted by molar-refractivity contribution is 0.0993. The maximum atomic E-state index is 12.9. The molecule has 0 radical (unpaired) electrons. The van der Waals surface area contributed by atoms with E-state index in [1.165, 1.54) is 31.2 Å². The first-order valence-corrected chi connectivity index (χ1v) is 7.57. The lowest BCUT2D eigenvalue weighted by Gasteiger charge is -1.99. The molecule has 4 rings (SSSR count). The van der Waals surface area contributed by atoms with E-state index in [9.17, 15) is 9.18 Å². The van der Waals surface area contributed by atoms with Crippen LogP contribution in [0.5, 0.6) is 0 Å². The van der Waals surface area contributed by atoms with Crippen LogP contribution in [0.25, 0.3) is 5.82 Å². The zero-order valence-corrected chi connectivity index (χ0v) is 12.4. The van der Waals surface area contributed by atoms with E-state index >= 15 is 0 Å². The van der Waals surface area contributed by atoms with Gasteiger partial charge < -0.3 is 0 Å². The highest BCUT2D eigenvalue weighted by Crippen LogP contribution is 2.39. The summed E-state index contributed by atoms with van der Waals surface area (Å²) in [6, 6.07) is 7.92. The first-order chi connectivity index (χ1) is 11.2.